The first-order valence-electron chi connectivity index (χ1n) is 11.0. The van der Waals surface area contributed by atoms with Gasteiger partial charge in [0.15, 0.2) is 0 Å². The van der Waals surface area contributed by atoms with Gasteiger partial charge in [-0.1, -0.05) is 0 Å². The van der Waals surface area contributed by atoms with E-state index in [2.05, 4.69) is 25.9 Å². The minimum Gasteiger partial charge on any atom is -0.481 e. The van der Waals surface area contributed by atoms with Gasteiger partial charge in [-0.05, 0) is 32.2 Å². The molecule has 1 rings (SSSR count). The lowest BCUT2D eigenvalue weighted by Crippen LogP contribution is -2.58. The smallest absolute Gasteiger partial charge is 0.326 e. The number of hydrogen-bond acceptors (Lipinski definition) is 9. The number of nitrogens with zero attached hydrogens (tertiary/aromatic N) is 1. The number of aliphatic carboxylic acids is 2. The van der Waals surface area contributed by atoms with Gasteiger partial charge in [0.25, 0.3) is 0 Å². The summed E-state index contributed by atoms with van der Waals surface area (Å²) >= 11 is 0. The highest BCUT2D eigenvalue weighted by Gasteiger charge is 2.30. The molecule has 0 spiro atoms. The molecule has 4 atom stereocenters. The number of H-pyrrole nitrogens is 1. The fourth-order valence-electron chi connectivity index (χ4n) is 3.02. The molecule has 0 aliphatic carbocycles. The van der Waals surface area contributed by atoms with Gasteiger partial charge in [-0.25, -0.2) is 9.78 Å². The van der Waals surface area contributed by atoms with Crippen molar-refractivity contribution in [1.82, 2.24) is 25.9 Å². The molecule has 11 N–H and O–H groups in total. The number of rotatable bonds is 17. The summed E-state index contributed by atoms with van der Waals surface area (Å²) in [6.07, 6.45) is 3.01. The maximum Gasteiger partial charge on any atom is 0.326 e. The van der Waals surface area contributed by atoms with Gasteiger partial charge in [0.05, 0.1) is 12.9 Å². The Labute approximate surface area is 201 Å². The largest absolute Gasteiger partial charge is 0.481 e. The summed E-state index contributed by atoms with van der Waals surface area (Å²) < 4.78 is 0. The molecule has 0 saturated heterocycles. The van der Waals surface area contributed by atoms with Gasteiger partial charge in [0.1, 0.15) is 24.2 Å². The molecule has 1 aromatic rings. The Balaban J connectivity index is 3.04. The number of imidazole rings is 1. The fraction of sp³-hybridized carbons (Fsp3) is 0.600. The predicted octanol–water partition coefficient (Wildman–Crippen LogP) is -3.20. The summed E-state index contributed by atoms with van der Waals surface area (Å²) in [5.74, 6) is -5.04. The first-order valence-corrected chi connectivity index (χ1v) is 11.0. The number of aromatic nitrogens is 2. The lowest BCUT2D eigenvalue weighted by atomic mass is 10.1. The molecule has 0 fully saturated rings. The summed E-state index contributed by atoms with van der Waals surface area (Å²) in [5.41, 5.74) is 11.4. The number of aliphatic hydroxyl groups is 1. The van der Waals surface area contributed by atoms with Crippen LogP contribution in [0, 0.1) is 0 Å². The standard InChI is InChI=1S/C20H33N7O8/c21-6-2-1-3-13(25-17(31)12(22)9-28)18(32)27-15(7-11-8-23-10-24-11)19(33)26-14(20(34)35)4-5-16(29)30/h8,10,12-15,28H,1-7,9,21-22H2,(H,23,24)(H,25,31)(H,26,33)(H,27,32)(H,29,30)(H,34,35). The first-order chi connectivity index (χ1) is 16.6. The number of carbonyl (C=O) groups excluding carboxylic acids is 3. The normalized spacial score (nSPS) is 14.3. The fourth-order valence-corrected chi connectivity index (χ4v) is 3.02. The summed E-state index contributed by atoms with van der Waals surface area (Å²) in [6.45, 7) is -0.281. The van der Waals surface area contributed by atoms with E-state index in [9.17, 15) is 29.1 Å². The second-order valence-electron chi connectivity index (χ2n) is 7.81. The third-order valence-electron chi connectivity index (χ3n) is 4.99. The summed E-state index contributed by atoms with van der Waals surface area (Å²) in [6, 6.07) is -5.14. The second-order valence-corrected chi connectivity index (χ2v) is 7.81. The number of aliphatic hydroxyl groups excluding tert-OH is 1. The average Bonchev–Trinajstić information content (AvgIpc) is 3.32. The number of carboxylic acids is 2. The molecule has 0 saturated carbocycles. The number of unbranched alkanes of at least 4 members (excludes halogenated alkanes) is 1. The Morgan fingerprint density at radius 1 is 0.943 bits per heavy atom. The van der Waals surface area contributed by atoms with Gasteiger partial charge in [0.2, 0.25) is 17.7 Å². The molecule has 0 bridgehead atoms. The van der Waals surface area contributed by atoms with Crippen LogP contribution >= 0.6 is 0 Å². The van der Waals surface area contributed by atoms with Crippen molar-refractivity contribution in [3.05, 3.63) is 18.2 Å². The number of hydrogen-bond donors (Lipinski definition) is 9. The van der Waals surface area contributed by atoms with E-state index in [4.69, 9.17) is 21.7 Å². The van der Waals surface area contributed by atoms with E-state index in [1.165, 1.54) is 12.5 Å². The van der Waals surface area contributed by atoms with Crippen molar-refractivity contribution in [2.45, 2.75) is 62.7 Å². The monoisotopic (exact) mass is 499 g/mol. The molecule has 0 radical (unpaired) electrons. The van der Waals surface area contributed by atoms with E-state index in [1.807, 2.05) is 0 Å². The van der Waals surface area contributed by atoms with Crippen LogP contribution in [-0.4, -0.2) is 92.3 Å². The maximum atomic E-state index is 13.0. The summed E-state index contributed by atoms with van der Waals surface area (Å²) in [7, 11) is 0. The van der Waals surface area contributed by atoms with Gasteiger partial charge < -0.3 is 47.7 Å². The van der Waals surface area contributed by atoms with E-state index in [1.54, 1.807) is 0 Å². The van der Waals surface area contributed by atoms with Crippen LogP contribution in [0.25, 0.3) is 0 Å². The van der Waals surface area contributed by atoms with Crippen molar-refractivity contribution in [3.63, 3.8) is 0 Å². The van der Waals surface area contributed by atoms with Gasteiger partial charge in [0, 0.05) is 24.7 Å². The summed E-state index contributed by atoms with van der Waals surface area (Å²) in [4.78, 5) is 66.9. The highest BCUT2D eigenvalue weighted by molar-refractivity contribution is 5.94. The maximum absolute atomic E-state index is 13.0. The quantitative estimate of drug-likeness (QED) is 0.0963. The van der Waals surface area contributed by atoms with Crippen molar-refractivity contribution in [3.8, 4) is 0 Å². The lowest BCUT2D eigenvalue weighted by Gasteiger charge is -2.25. The molecule has 0 aliphatic heterocycles. The van der Waals surface area contributed by atoms with Crippen LogP contribution in [0.4, 0.5) is 0 Å². The molecule has 15 heteroatoms. The van der Waals surface area contributed by atoms with Crippen molar-refractivity contribution in [1.29, 1.82) is 0 Å². The molecule has 1 aromatic heterocycles. The van der Waals surface area contributed by atoms with Gasteiger partial charge >= 0.3 is 11.9 Å². The van der Waals surface area contributed by atoms with Crippen molar-refractivity contribution in [2.75, 3.05) is 13.2 Å². The van der Waals surface area contributed by atoms with E-state index in [-0.39, 0.29) is 19.3 Å². The molecular formula is C20H33N7O8. The SMILES string of the molecule is NCCCCC(NC(=O)C(N)CO)C(=O)NC(Cc1cnc[nH]1)C(=O)NC(CCC(=O)O)C(=O)O. The minimum absolute atomic E-state index is 0.0948. The molecule has 3 amide bonds. The van der Waals surface area contributed by atoms with Crippen LogP contribution in [0.5, 0.6) is 0 Å². The molecular weight excluding hydrogens is 466 g/mol. The van der Waals surface area contributed by atoms with Crippen LogP contribution in [0.2, 0.25) is 0 Å². The Morgan fingerprint density at radius 2 is 1.57 bits per heavy atom. The van der Waals surface area contributed by atoms with Crippen LogP contribution in [0.1, 0.15) is 37.8 Å². The topological polar surface area (TPSA) is 263 Å². The molecule has 0 aliphatic rings. The van der Waals surface area contributed by atoms with Crippen LogP contribution < -0.4 is 27.4 Å². The number of nitrogens with one attached hydrogen (secondary N) is 4. The van der Waals surface area contributed by atoms with Crippen LogP contribution in [-0.2, 0) is 30.4 Å². The third kappa shape index (κ3) is 10.9. The summed E-state index contributed by atoms with van der Waals surface area (Å²) in [5, 5.41) is 34.4. The number of amides is 3. The van der Waals surface area contributed by atoms with Gasteiger partial charge in [-0.15, -0.1) is 0 Å². The van der Waals surface area contributed by atoms with E-state index in [0.717, 1.165) is 0 Å². The number of carboxylic acid groups (broad SMARTS) is 2. The van der Waals surface area contributed by atoms with E-state index >= 15 is 0 Å². The predicted molar refractivity (Wildman–Crippen MR) is 121 cm³/mol. The Morgan fingerprint density at radius 3 is 2.11 bits per heavy atom. The third-order valence-corrected chi connectivity index (χ3v) is 4.99. The molecule has 196 valence electrons. The van der Waals surface area contributed by atoms with E-state index in [0.29, 0.717) is 25.1 Å². The zero-order chi connectivity index (χ0) is 26.4. The zero-order valence-electron chi connectivity index (χ0n) is 19.1. The average molecular weight is 500 g/mol. The minimum atomic E-state index is -1.50. The van der Waals surface area contributed by atoms with Crippen LogP contribution in [0.15, 0.2) is 12.5 Å². The highest BCUT2D eigenvalue weighted by Crippen LogP contribution is 2.06. The molecule has 4 unspecified atom stereocenters. The van der Waals surface area contributed by atoms with E-state index < -0.39 is 66.9 Å². The van der Waals surface area contributed by atoms with Gasteiger partial charge in [-0.3, -0.25) is 19.2 Å². The highest BCUT2D eigenvalue weighted by atomic mass is 16.4. The molecule has 35 heavy (non-hydrogen) atoms. The Kier molecular flexibility index (Phi) is 12.9. The van der Waals surface area contributed by atoms with Crippen molar-refractivity contribution in [2.24, 2.45) is 11.5 Å². The van der Waals surface area contributed by atoms with Crippen LogP contribution in [0.3, 0.4) is 0 Å². The Hall–Kier alpha value is -3.56. The van der Waals surface area contributed by atoms with Gasteiger partial charge in [-0.2, -0.15) is 0 Å². The number of carbonyl (C=O) groups is 5. The molecule has 0 aromatic carbocycles. The first kappa shape index (κ1) is 29.5. The zero-order valence-corrected chi connectivity index (χ0v) is 19.1. The second kappa shape index (κ2) is 15.4. The van der Waals surface area contributed by atoms with Crippen molar-refractivity contribution < 1.29 is 39.3 Å². The molecule has 1 heterocycles. The van der Waals surface area contributed by atoms with Crippen molar-refractivity contribution >= 4 is 29.7 Å². The lowest BCUT2D eigenvalue weighted by molar-refractivity contribution is -0.143. The number of nitrogens with two attached hydrogens (primary N) is 2. The Bertz CT molecular complexity index is 849. The number of aromatic amines is 1. The molecule has 15 nitrogen and oxygen atoms in total.